The average molecular weight is 596 g/mol. The average Bonchev–Trinajstić information content (AvgIpc) is 3.45. The molecule has 10 nitrogen and oxygen atoms in total. The zero-order valence-electron chi connectivity index (χ0n) is 24.0. The summed E-state index contributed by atoms with van der Waals surface area (Å²) in [7, 11) is -1.81. The van der Waals surface area contributed by atoms with Gasteiger partial charge in [-0.25, -0.2) is 8.42 Å². The van der Waals surface area contributed by atoms with Crippen LogP contribution >= 0.6 is 0 Å². The molecule has 0 aliphatic carbocycles. The lowest BCUT2D eigenvalue weighted by molar-refractivity contribution is -0.134. The first-order valence-corrected chi connectivity index (χ1v) is 15.5. The number of nitrogens with zero attached hydrogens (tertiary/aromatic N) is 2. The van der Waals surface area contributed by atoms with Crippen LogP contribution in [-0.4, -0.2) is 74.9 Å². The van der Waals surface area contributed by atoms with Crippen LogP contribution in [0, 0.1) is 5.92 Å². The predicted octanol–water partition coefficient (Wildman–Crippen LogP) is 3.50. The Hall–Kier alpha value is -3.80. The standard InChI is InChI=1S/C31H37N3O7S/c1-21-16-34(22(2)19-35)31(36)15-24-14-25(32-42(37,38)26-7-5-4-6-8-26)10-12-27(24)41-30(21)18-33(3)17-23-9-11-28-29(13-23)40-20-39-28/h4-14,21-22,30,32,35H,15-20H2,1-3H3/t21-,22-,30-/m0/s1. The summed E-state index contributed by atoms with van der Waals surface area (Å²) in [6, 6.07) is 18.6. The molecule has 0 spiro atoms. The van der Waals surface area contributed by atoms with Crippen LogP contribution in [-0.2, 0) is 27.8 Å². The Balaban J connectivity index is 1.40. The highest BCUT2D eigenvalue weighted by molar-refractivity contribution is 7.92. The molecule has 2 N–H and O–H groups in total. The highest BCUT2D eigenvalue weighted by Gasteiger charge is 2.31. The lowest BCUT2D eigenvalue weighted by atomic mass is 10.0. The van der Waals surface area contributed by atoms with Crippen LogP contribution in [0.4, 0.5) is 5.69 Å². The molecule has 0 radical (unpaired) electrons. The van der Waals surface area contributed by atoms with E-state index in [1.807, 2.05) is 39.1 Å². The number of anilines is 1. The normalized spacial score (nSPS) is 19.4. The van der Waals surface area contributed by atoms with E-state index in [1.165, 1.54) is 12.1 Å². The number of hydrogen-bond donors (Lipinski definition) is 2. The summed E-state index contributed by atoms with van der Waals surface area (Å²) in [6.45, 7) is 5.52. The van der Waals surface area contributed by atoms with Gasteiger partial charge in [0.25, 0.3) is 10.0 Å². The number of carbonyl (C=O) groups excluding carboxylic acids is 1. The van der Waals surface area contributed by atoms with Gasteiger partial charge in [0, 0.05) is 36.8 Å². The zero-order chi connectivity index (χ0) is 29.9. The van der Waals surface area contributed by atoms with Crippen molar-refractivity contribution in [2.45, 2.75) is 43.9 Å². The van der Waals surface area contributed by atoms with Gasteiger partial charge < -0.3 is 24.2 Å². The maximum absolute atomic E-state index is 13.5. The van der Waals surface area contributed by atoms with Gasteiger partial charge in [-0.1, -0.05) is 31.2 Å². The molecule has 5 rings (SSSR count). The van der Waals surface area contributed by atoms with Crippen LogP contribution in [0.3, 0.4) is 0 Å². The Morgan fingerprint density at radius 3 is 2.55 bits per heavy atom. The molecule has 3 atom stereocenters. The van der Waals surface area contributed by atoms with Crippen LogP contribution in [0.1, 0.15) is 25.0 Å². The molecule has 3 aromatic rings. The first kappa shape index (κ1) is 29.7. The second kappa shape index (κ2) is 12.6. The fourth-order valence-electron chi connectivity index (χ4n) is 5.25. The van der Waals surface area contributed by atoms with E-state index in [1.54, 1.807) is 41.3 Å². The number of hydrogen-bond acceptors (Lipinski definition) is 8. The second-order valence-electron chi connectivity index (χ2n) is 11.0. The molecule has 0 bridgehead atoms. The Morgan fingerprint density at radius 2 is 1.79 bits per heavy atom. The fourth-order valence-corrected chi connectivity index (χ4v) is 6.32. The first-order valence-electron chi connectivity index (χ1n) is 14.0. The minimum Gasteiger partial charge on any atom is -0.488 e. The molecule has 0 aromatic heterocycles. The highest BCUT2D eigenvalue weighted by atomic mass is 32.2. The molecule has 0 saturated heterocycles. The maximum atomic E-state index is 13.5. The van der Waals surface area contributed by atoms with Crippen molar-refractivity contribution in [3.05, 3.63) is 77.9 Å². The maximum Gasteiger partial charge on any atom is 0.261 e. The van der Waals surface area contributed by atoms with Gasteiger partial charge in [0.15, 0.2) is 11.5 Å². The van der Waals surface area contributed by atoms with Crippen molar-refractivity contribution in [3.63, 3.8) is 0 Å². The third-order valence-corrected chi connectivity index (χ3v) is 9.00. The van der Waals surface area contributed by atoms with Gasteiger partial charge in [-0.05, 0) is 62.0 Å². The molecule has 0 saturated carbocycles. The van der Waals surface area contributed by atoms with Gasteiger partial charge in [-0.3, -0.25) is 14.4 Å². The van der Waals surface area contributed by atoms with Gasteiger partial charge >= 0.3 is 0 Å². The predicted molar refractivity (Wildman–Crippen MR) is 158 cm³/mol. The highest BCUT2D eigenvalue weighted by Crippen LogP contribution is 2.33. The SMILES string of the molecule is C[C@H]1CN([C@@H](C)CO)C(=O)Cc2cc(NS(=O)(=O)c3ccccc3)ccc2O[C@H]1CN(C)Cc1ccc2c(c1)OCO2. The van der Waals surface area contributed by atoms with Crippen molar-refractivity contribution in [2.24, 2.45) is 5.92 Å². The van der Waals surface area contributed by atoms with Crippen LogP contribution in [0.2, 0.25) is 0 Å². The summed E-state index contributed by atoms with van der Waals surface area (Å²) < 4.78 is 46.1. The summed E-state index contributed by atoms with van der Waals surface area (Å²) in [5, 5.41) is 9.91. The van der Waals surface area contributed by atoms with Crippen molar-refractivity contribution in [3.8, 4) is 17.2 Å². The molecule has 42 heavy (non-hydrogen) atoms. The van der Waals surface area contributed by atoms with E-state index < -0.39 is 10.0 Å². The number of sulfonamides is 1. The molecule has 2 aliphatic rings. The zero-order valence-corrected chi connectivity index (χ0v) is 24.8. The number of nitrogens with one attached hydrogen (secondary N) is 1. The van der Waals surface area contributed by atoms with Crippen LogP contribution in [0.5, 0.6) is 17.2 Å². The van der Waals surface area contributed by atoms with Crippen molar-refractivity contribution < 1.29 is 32.5 Å². The topological polar surface area (TPSA) is 118 Å². The number of carbonyl (C=O) groups is 1. The summed E-state index contributed by atoms with van der Waals surface area (Å²) in [4.78, 5) is 17.5. The summed E-state index contributed by atoms with van der Waals surface area (Å²) in [6.07, 6.45) is -0.290. The number of aliphatic hydroxyl groups is 1. The van der Waals surface area contributed by atoms with Gasteiger partial charge in [0.2, 0.25) is 12.7 Å². The molecule has 3 aromatic carbocycles. The van der Waals surface area contributed by atoms with E-state index in [4.69, 9.17) is 14.2 Å². The Bertz CT molecular complexity index is 1520. The first-order chi connectivity index (χ1) is 20.1. The van der Waals surface area contributed by atoms with E-state index in [9.17, 15) is 18.3 Å². The molecule has 11 heteroatoms. The molecule has 2 aliphatic heterocycles. The van der Waals surface area contributed by atoms with Crippen LogP contribution in [0.25, 0.3) is 0 Å². The molecule has 0 fully saturated rings. The lowest BCUT2D eigenvalue weighted by Crippen LogP contribution is -2.47. The van der Waals surface area contributed by atoms with E-state index in [2.05, 4.69) is 9.62 Å². The smallest absolute Gasteiger partial charge is 0.261 e. The summed E-state index contributed by atoms with van der Waals surface area (Å²) in [5.41, 5.74) is 1.97. The van der Waals surface area contributed by atoms with Gasteiger partial charge in [-0.15, -0.1) is 0 Å². The monoisotopic (exact) mass is 595 g/mol. The lowest BCUT2D eigenvalue weighted by Gasteiger charge is -2.34. The van der Waals surface area contributed by atoms with Crippen molar-refractivity contribution in [2.75, 3.05) is 38.3 Å². The number of amides is 1. The largest absolute Gasteiger partial charge is 0.488 e. The van der Waals surface area contributed by atoms with Crippen molar-refractivity contribution >= 4 is 21.6 Å². The number of fused-ring (bicyclic) bond motifs is 2. The Labute approximate surface area is 246 Å². The van der Waals surface area contributed by atoms with Gasteiger partial charge in [0.05, 0.1) is 24.0 Å². The number of benzene rings is 3. The third kappa shape index (κ3) is 6.80. The number of ether oxygens (including phenoxy) is 3. The fraction of sp³-hybridized carbons (Fsp3) is 0.387. The number of rotatable bonds is 9. The van der Waals surface area contributed by atoms with Crippen molar-refractivity contribution in [1.29, 1.82) is 0 Å². The summed E-state index contributed by atoms with van der Waals surface area (Å²) >= 11 is 0. The number of likely N-dealkylation sites (N-methyl/N-ethyl adjacent to an activating group) is 1. The Morgan fingerprint density at radius 1 is 1.05 bits per heavy atom. The third-order valence-electron chi connectivity index (χ3n) is 7.60. The van der Waals surface area contributed by atoms with Crippen molar-refractivity contribution in [1.82, 2.24) is 9.80 Å². The minimum absolute atomic E-state index is 0.00700. The van der Waals surface area contributed by atoms with Crippen LogP contribution < -0.4 is 18.9 Å². The van der Waals surface area contributed by atoms with E-state index in [0.29, 0.717) is 36.6 Å². The molecular formula is C31H37N3O7S. The minimum atomic E-state index is -3.82. The summed E-state index contributed by atoms with van der Waals surface area (Å²) in [5.74, 6) is 1.76. The molecular weight excluding hydrogens is 558 g/mol. The van der Waals surface area contributed by atoms with Gasteiger partial charge in [-0.2, -0.15) is 0 Å². The molecule has 2 heterocycles. The molecule has 224 valence electrons. The van der Waals surface area contributed by atoms with Gasteiger partial charge in [0.1, 0.15) is 11.9 Å². The second-order valence-corrected chi connectivity index (χ2v) is 12.7. The quantitative estimate of drug-likeness (QED) is 0.386. The Kier molecular flexibility index (Phi) is 8.91. The molecule has 1 amide bonds. The number of aliphatic hydroxyl groups excluding tert-OH is 1. The van der Waals surface area contributed by atoms with E-state index in [0.717, 1.165) is 17.1 Å². The van der Waals surface area contributed by atoms with E-state index in [-0.39, 0.29) is 48.7 Å². The molecule has 0 unspecified atom stereocenters. The van der Waals surface area contributed by atoms with E-state index >= 15 is 0 Å². The van der Waals surface area contributed by atoms with Crippen LogP contribution in [0.15, 0.2) is 71.6 Å².